The van der Waals surface area contributed by atoms with Crippen LogP contribution in [-0.4, -0.2) is 55.3 Å². The third-order valence-corrected chi connectivity index (χ3v) is 8.82. The maximum Gasteiger partial charge on any atom is 0.237 e. The number of anilines is 1. The molecule has 2 unspecified atom stereocenters. The zero-order chi connectivity index (χ0) is 27.3. The number of carbonyl (C=O) groups excluding carboxylic acids is 1. The first-order valence-electron chi connectivity index (χ1n) is 14.5. The molecular formula is C33H49N3OS. The van der Waals surface area contributed by atoms with Crippen molar-refractivity contribution in [3.63, 3.8) is 0 Å². The highest BCUT2D eigenvalue weighted by Gasteiger charge is 2.30. The summed E-state index contributed by atoms with van der Waals surface area (Å²) in [7, 11) is 0. The molecule has 2 aromatic carbocycles. The van der Waals surface area contributed by atoms with E-state index in [1.807, 2.05) is 0 Å². The summed E-state index contributed by atoms with van der Waals surface area (Å²) in [5.41, 5.74) is 6.01. The van der Waals surface area contributed by atoms with E-state index in [9.17, 15) is 4.79 Å². The van der Waals surface area contributed by atoms with E-state index in [1.54, 1.807) is 11.8 Å². The Hall–Kier alpha value is -1.98. The van der Waals surface area contributed by atoms with Gasteiger partial charge in [-0.25, -0.2) is 0 Å². The van der Waals surface area contributed by atoms with Gasteiger partial charge in [0.1, 0.15) is 5.25 Å². The number of piperazine rings is 1. The van der Waals surface area contributed by atoms with E-state index in [2.05, 4.69) is 105 Å². The Kier molecular flexibility index (Phi) is 9.52. The number of hydrogen-bond acceptors (Lipinski definition) is 4. The van der Waals surface area contributed by atoms with Crippen LogP contribution in [0.15, 0.2) is 48.5 Å². The molecule has 3 aliphatic rings. The Morgan fingerprint density at radius 3 is 2.03 bits per heavy atom. The molecule has 0 saturated carbocycles. The number of nitrogens with zero attached hydrogens (tertiary/aromatic N) is 2. The van der Waals surface area contributed by atoms with Crippen LogP contribution in [-0.2, 0) is 17.6 Å². The minimum absolute atomic E-state index is 0.0255. The maximum absolute atomic E-state index is 11.8. The molecule has 38 heavy (non-hydrogen) atoms. The molecule has 1 N–H and O–H groups in total. The van der Waals surface area contributed by atoms with E-state index in [1.165, 1.54) is 55.8 Å². The lowest BCUT2D eigenvalue weighted by Gasteiger charge is -2.38. The first-order valence-corrected chi connectivity index (χ1v) is 15.6. The number of amides is 1. The van der Waals surface area contributed by atoms with Crippen LogP contribution < -0.4 is 10.2 Å². The van der Waals surface area contributed by atoms with Gasteiger partial charge in [0.15, 0.2) is 0 Å². The van der Waals surface area contributed by atoms with Gasteiger partial charge in [-0.05, 0) is 71.9 Å². The van der Waals surface area contributed by atoms with Gasteiger partial charge in [-0.3, -0.25) is 9.69 Å². The van der Waals surface area contributed by atoms with Gasteiger partial charge in [-0.2, -0.15) is 0 Å². The molecule has 4 nitrogen and oxygen atoms in total. The molecule has 208 valence electrons. The quantitative estimate of drug-likeness (QED) is 0.470. The molecule has 5 heteroatoms. The zero-order valence-electron chi connectivity index (χ0n) is 24.6. The van der Waals surface area contributed by atoms with Crippen LogP contribution in [0.3, 0.4) is 0 Å². The summed E-state index contributed by atoms with van der Waals surface area (Å²) in [4.78, 5) is 17.0. The van der Waals surface area contributed by atoms with Crippen molar-refractivity contribution in [2.45, 2.75) is 78.5 Å². The highest BCUT2D eigenvalue weighted by atomic mass is 32.2. The molecule has 2 aromatic rings. The largest absolute Gasteiger partial charge is 0.369 e. The van der Waals surface area contributed by atoms with Gasteiger partial charge in [0.25, 0.3) is 0 Å². The Bertz CT molecular complexity index is 1040. The number of hydrogen-bond donors (Lipinski definition) is 1. The van der Waals surface area contributed by atoms with Crippen LogP contribution in [0.5, 0.6) is 0 Å². The summed E-state index contributed by atoms with van der Waals surface area (Å²) >= 11 is 1.73. The van der Waals surface area contributed by atoms with Crippen LogP contribution in [0.1, 0.15) is 76.3 Å². The van der Waals surface area contributed by atoms with Crippen molar-refractivity contribution in [2.75, 3.05) is 43.4 Å². The van der Waals surface area contributed by atoms with Crippen molar-refractivity contribution in [1.82, 2.24) is 10.2 Å². The average molecular weight is 536 g/mol. The molecule has 3 aliphatic heterocycles. The maximum atomic E-state index is 11.8. The average Bonchev–Trinajstić information content (AvgIpc) is 3.32. The third-order valence-electron chi connectivity index (χ3n) is 7.56. The van der Waals surface area contributed by atoms with Gasteiger partial charge in [-0.1, -0.05) is 77.9 Å². The van der Waals surface area contributed by atoms with Gasteiger partial charge in [0.2, 0.25) is 5.91 Å². The van der Waals surface area contributed by atoms with Crippen molar-refractivity contribution >= 4 is 23.4 Å². The first-order chi connectivity index (χ1) is 18.0. The molecule has 0 radical (unpaired) electrons. The van der Waals surface area contributed by atoms with E-state index in [4.69, 9.17) is 0 Å². The highest BCUT2D eigenvalue weighted by Crippen LogP contribution is 2.32. The van der Waals surface area contributed by atoms with Crippen LogP contribution >= 0.6 is 11.8 Å². The first kappa shape index (κ1) is 29.0. The minimum Gasteiger partial charge on any atom is -0.369 e. The van der Waals surface area contributed by atoms with E-state index in [-0.39, 0.29) is 11.2 Å². The Labute approximate surface area is 235 Å². The monoisotopic (exact) mass is 535 g/mol. The second-order valence-electron chi connectivity index (χ2n) is 13.7. The summed E-state index contributed by atoms with van der Waals surface area (Å²) < 4.78 is 0. The van der Waals surface area contributed by atoms with Crippen molar-refractivity contribution in [1.29, 1.82) is 0 Å². The van der Waals surface area contributed by atoms with Crippen molar-refractivity contribution < 1.29 is 4.79 Å². The van der Waals surface area contributed by atoms with Crippen molar-refractivity contribution in [3.8, 4) is 0 Å². The predicted molar refractivity (Wildman–Crippen MR) is 164 cm³/mol. The topological polar surface area (TPSA) is 35.6 Å². The molecular weight excluding hydrogens is 486 g/mol. The number of carbonyl (C=O) groups is 1. The third kappa shape index (κ3) is 8.51. The summed E-state index contributed by atoms with van der Waals surface area (Å²) in [6.07, 6.45) is 5.00. The molecule has 3 fully saturated rings. The Morgan fingerprint density at radius 2 is 1.45 bits per heavy atom. The molecule has 5 rings (SSSR count). The van der Waals surface area contributed by atoms with Crippen molar-refractivity contribution in [3.05, 3.63) is 65.2 Å². The number of fused-ring (bicyclic) bond motifs is 1. The molecule has 0 spiro atoms. The second-order valence-corrected chi connectivity index (χ2v) is 14.9. The molecule has 0 aliphatic carbocycles. The predicted octanol–water partition coefficient (Wildman–Crippen LogP) is 6.74. The van der Waals surface area contributed by atoms with Crippen LogP contribution in [0.25, 0.3) is 0 Å². The fraction of sp³-hybridized carbons (Fsp3) is 0.606. The Balaban J connectivity index is 0.000000178. The molecule has 1 amide bonds. The van der Waals surface area contributed by atoms with E-state index in [0.29, 0.717) is 10.8 Å². The fourth-order valence-electron chi connectivity index (χ4n) is 5.85. The van der Waals surface area contributed by atoms with Crippen LogP contribution in [0.4, 0.5) is 5.69 Å². The van der Waals surface area contributed by atoms with Gasteiger partial charge >= 0.3 is 0 Å². The van der Waals surface area contributed by atoms with E-state index < -0.39 is 0 Å². The number of thioether (sulfide) groups is 1. The van der Waals surface area contributed by atoms with Crippen molar-refractivity contribution in [2.24, 2.45) is 10.8 Å². The highest BCUT2D eigenvalue weighted by molar-refractivity contribution is 8.00. The van der Waals surface area contributed by atoms with E-state index in [0.717, 1.165) is 36.7 Å². The molecule has 2 atom stereocenters. The molecule has 3 heterocycles. The smallest absolute Gasteiger partial charge is 0.237 e. The lowest BCUT2D eigenvalue weighted by Crippen LogP contribution is -2.50. The zero-order valence-corrected chi connectivity index (χ0v) is 25.4. The van der Waals surface area contributed by atoms with Gasteiger partial charge in [0, 0.05) is 43.7 Å². The van der Waals surface area contributed by atoms with Gasteiger partial charge in [0.05, 0.1) is 0 Å². The summed E-state index contributed by atoms with van der Waals surface area (Å²) in [5, 5.41) is 2.90. The molecule has 0 bridgehead atoms. The summed E-state index contributed by atoms with van der Waals surface area (Å²) in [6, 6.07) is 18.6. The van der Waals surface area contributed by atoms with Gasteiger partial charge in [-0.15, -0.1) is 11.8 Å². The number of nitrogens with one attached hydrogen (secondary N) is 1. The van der Waals surface area contributed by atoms with Gasteiger partial charge < -0.3 is 10.2 Å². The fourth-order valence-corrected chi connectivity index (χ4v) is 6.89. The molecule has 3 saturated heterocycles. The standard InChI is InChI=1S/C18H28N2.C15H21NOS/c1-18(2,3)13-15-6-8-16(9-7-15)20-12-11-19-10-4-5-17(19)14-20;1-15(2,3)10-11-4-6-12(7-5-11)13-14(17)16-8-9-18-13/h6-9,17H,4-5,10-14H2,1-3H3;4-7,13H,8-10H2,1-3H3,(H,16,17). The number of benzene rings is 2. The van der Waals surface area contributed by atoms with E-state index >= 15 is 0 Å². The second kappa shape index (κ2) is 12.5. The number of rotatable bonds is 4. The SMILES string of the molecule is CC(C)(C)Cc1ccc(C2SCCNC2=O)cc1.CC(C)(C)Cc1ccc(N2CCN3CCCC3C2)cc1. The Morgan fingerprint density at radius 1 is 0.842 bits per heavy atom. The lowest BCUT2D eigenvalue weighted by atomic mass is 9.88. The molecule has 0 aromatic heterocycles. The van der Waals surface area contributed by atoms with Crippen LogP contribution in [0.2, 0.25) is 0 Å². The minimum atomic E-state index is -0.0255. The van der Waals surface area contributed by atoms with Crippen LogP contribution in [0, 0.1) is 10.8 Å². The summed E-state index contributed by atoms with van der Waals surface area (Å²) in [6.45, 7) is 19.4. The lowest BCUT2D eigenvalue weighted by molar-refractivity contribution is -0.120. The normalized spacial score (nSPS) is 22.4. The summed E-state index contributed by atoms with van der Waals surface area (Å²) in [5.74, 6) is 1.15.